The third-order valence-corrected chi connectivity index (χ3v) is 4.38. The molecule has 0 bridgehead atoms. The number of aromatic nitrogens is 1. The number of hydrogen-bond donors (Lipinski definition) is 2. The first kappa shape index (κ1) is 17.8. The van der Waals surface area contributed by atoms with Gasteiger partial charge in [0.2, 0.25) is 5.91 Å². The van der Waals surface area contributed by atoms with Crippen LogP contribution < -0.4 is 5.32 Å². The molecular formula is C22H22N2O2. The van der Waals surface area contributed by atoms with Crippen molar-refractivity contribution in [1.82, 2.24) is 4.98 Å². The molecule has 0 atom stereocenters. The van der Waals surface area contributed by atoms with Crippen LogP contribution in [0.4, 0.5) is 5.69 Å². The first-order chi connectivity index (χ1) is 12.6. The summed E-state index contributed by atoms with van der Waals surface area (Å²) in [6.45, 7) is 1.92. The quantitative estimate of drug-likeness (QED) is 0.708. The Hall–Kier alpha value is -2.98. The fraction of sp³-hybridized carbons (Fsp3) is 0.182. The molecule has 0 aliphatic carbocycles. The minimum Gasteiger partial charge on any atom is -0.380 e. The molecule has 4 heteroatoms. The van der Waals surface area contributed by atoms with Crippen molar-refractivity contribution in [3.05, 3.63) is 95.8 Å². The summed E-state index contributed by atoms with van der Waals surface area (Å²) in [5.41, 5.74) is 1.98. The highest BCUT2D eigenvalue weighted by molar-refractivity contribution is 5.90. The number of benzene rings is 2. The lowest BCUT2D eigenvalue weighted by molar-refractivity contribution is -0.117. The molecule has 1 amide bonds. The second-order valence-electron chi connectivity index (χ2n) is 6.39. The summed E-state index contributed by atoms with van der Waals surface area (Å²) in [6, 6.07) is 20.8. The molecule has 2 aromatic carbocycles. The van der Waals surface area contributed by atoms with E-state index in [0.717, 1.165) is 16.7 Å². The van der Waals surface area contributed by atoms with Gasteiger partial charge in [-0.2, -0.15) is 0 Å². The monoisotopic (exact) mass is 346 g/mol. The Labute approximate surface area is 153 Å². The van der Waals surface area contributed by atoms with E-state index in [9.17, 15) is 9.90 Å². The maximum atomic E-state index is 12.4. The van der Waals surface area contributed by atoms with Crippen molar-refractivity contribution in [3.8, 4) is 0 Å². The predicted molar refractivity (Wildman–Crippen MR) is 103 cm³/mol. The van der Waals surface area contributed by atoms with Crippen LogP contribution in [0.1, 0.15) is 29.5 Å². The van der Waals surface area contributed by atoms with Gasteiger partial charge < -0.3 is 10.4 Å². The van der Waals surface area contributed by atoms with Gasteiger partial charge in [-0.3, -0.25) is 9.78 Å². The number of carbonyl (C=O) groups excluding carboxylic acids is 1. The maximum Gasteiger partial charge on any atom is 0.224 e. The van der Waals surface area contributed by atoms with Gasteiger partial charge in [-0.1, -0.05) is 60.7 Å². The SMILES string of the molecule is Cc1cncc(NC(=O)CCC(O)(c2ccccc2)c2ccccc2)c1. The number of anilines is 1. The van der Waals surface area contributed by atoms with Crippen molar-refractivity contribution in [2.24, 2.45) is 0 Å². The molecule has 1 aromatic heterocycles. The van der Waals surface area contributed by atoms with Crippen molar-refractivity contribution in [1.29, 1.82) is 0 Å². The number of amides is 1. The fourth-order valence-corrected chi connectivity index (χ4v) is 3.02. The number of aliphatic hydroxyl groups is 1. The minimum atomic E-state index is -1.22. The number of rotatable bonds is 6. The second-order valence-corrected chi connectivity index (χ2v) is 6.39. The van der Waals surface area contributed by atoms with Gasteiger partial charge in [0.25, 0.3) is 0 Å². The Kier molecular flexibility index (Phi) is 5.44. The van der Waals surface area contributed by atoms with E-state index in [1.54, 1.807) is 12.4 Å². The fourth-order valence-electron chi connectivity index (χ4n) is 3.02. The Morgan fingerprint density at radius 2 is 1.58 bits per heavy atom. The summed E-state index contributed by atoms with van der Waals surface area (Å²) in [5.74, 6) is -0.150. The first-order valence-corrected chi connectivity index (χ1v) is 8.63. The molecule has 4 nitrogen and oxygen atoms in total. The van der Waals surface area contributed by atoms with Crippen LogP contribution in [0, 0.1) is 6.92 Å². The highest BCUT2D eigenvalue weighted by atomic mass is 16.3. The molecule has 0 saturated carbocycles. The molecule has 0 aliphatic rings. The van der Waals surface area contributed by atoms with Gasteiger partial charge in [0.1, 0.15) is 5.60 Å². The zero-order chi connectivity index (χ0) is 18.4. The van der Waals surface area contributed by atoms with Crippen LogP contribution >= 0.6 is 0 Å². The lowest BCUT2D eigenvalue weighted by Gasteiger charge is -2.29. The molecule has 0 fully saturated rings. The van der Waals surface area contributed by atoms with Gasteiger partial charge in [-0.15, -0.1) is 0 Å². The zero-order valence-corrected chi connectivity index (χ0v) is 14.7. The Bertz CT molecular complexity index is 824. The minimum absolute atomic E-state index is 0.150. The number of nitrogens with one attached hydrogen (secondary N) is 1. The third-order valence-electron chi connectivity index (χ3n) is 4.38. The van der Waals surface area contributed by atoms with E-state index < -0.39 is 5.60 Å². The normalized spacial score (nSPS) is 11.2. The van der Waals surface area contributed by atoms with Crippen molar-refractivity contribution in [2.75, 3.05) is 5.32 Å². The van der Waals surface area contributed by atoms with E-state index in [-0.39, 0.29) is 18.7 Å². The molecule has 0 aliphatic heterocycles. The highest BCUT2D eigenvalue weighted by Gasteiger charge is 2.31. The van der Waals surface area contributed by atoms with E-state index in [4.69, 9.17) is 0 Å². The predicted octanol–water partition coefficient (Wildman–Crippen LogP) is 4.04. The number of aryl methyl sites for hydroxylation is 1. The molecule has 1 heterocycles. The van der Waals surface area contributed by atoms with Gasteiger partial charge in [-0.05, 0) is 36.1 Å². The van der Waals surface area contributed by atoms with Crippen LogP contribution in [0.3, 0.4) is 0 Å². The summed E-state index contributed by atoms with van der Waals surface area (Å²) in [7, 11) is 0. The summed E-state index contributed by atoms with van der Waals surface area (Å²) < 4.78 is 0. The summed E-state index contributed by atoms with van der Waals surface area (Å²) in [5, 5.41) is 14.3. The van der Waals surface area contributed by atoms with Crippen LogP contribution in [0.2, 0.25) is 0 Å². The summed E-state index contributed by atoms with van der Waals surface area (Å²) >= 11 is 0. The number of nitrogens with zero attached hydrogens (tertiary/aromatic N) is 1. The Morgan fingerprint density at radius 1 is 1.00 bits per heavy atom. The number of pyridine rings is 1. The van der Waals surface area contributed by atoms with Crippen molar-refractivity contribution >= 4 is 11.6 Å². The zero-order valence-electron chi connectivity index (χ0n) is 14.7. The highest BCUT2D eigenvalue weighted by Crippen LogP contribution is 2.34. The summed E-state index contributed by atoms with van der Waals surface area (Å²) in [4.78, 5) is 16.5. The van der Waals surface area contributed by atoms with E-state index in [1.807, 2.05) is 73.7 Å². The lowest BCUT2D eigenvalue weighted by Crippen LogP contribution is -2.29. The van der Waals surface area contributed by atoms with Crippen LogP contribution in [-0.2, 0) is 10.4 Å². The van der Waals surface area contributed by atoms with Crippen molar-refractivity contribution in [3.63, 3.8) is 0 Å². The largest absolute Gasteiger partial charge is 0.380 e. The van der Waals surface area contributed by atoms with E-state index in [0.29, 0.717) is 5.69 Å². The molecule has 0 saturated heterocycles. The molecule has 3 rings (SSSR count). The molecule has 3 aromatic rings. The van der Waals surface area contributed by atoms with Crippen LogP contribution in [-0.4, -0.2) is 16.0 Å². The lowest BCUT2D eigenvalue weighted by atomic mass is 9.82. The average molecular weight is 346 g/mol. The number of carbonyl (C=O) groups is 1. The number of hydrogen-bond acceptors (Lipinski definition) is 3. The van der Waals surface area contributed by atoms with Gasteiger partial charge in [0.15, 0.2) is 0 Å². The van der Waals surface area contributed by atoms with Gasteiger partial charge in [0, 0.05) is 12.6 Å². The molecule has 2 N–H and O–H groups in total. The van der Waals surface area contributed by atoms with Crippen LogP contribution in [0.5, 0.6) is 0 Å². The standard InChI is InChI=1S/C22H22N2O2/c1-17-14-20(16-23-15-17)24-21(25)12-13-22(26,18-8-4-2-5-9-18)19-10-6-3-7-11-19/h2-11,14-16,26H,12-13H2,1H3,(H,24,25). The maximum absolute atomic E-state index is 12.4. The van der Waals surface area contributed by atoms with E-state index >= 15 is 0 Å². The molecular weight excluding hydrogens is 324 g/mol. The van der Waals surface area contributed by atoms with Gasteiger partial charge >= 0.3 is 0 Å². The van der Waals surface area contributed by atoms with Crippen molar-refractivity contribution < 1.29 is 9.90 Å². The van der Waals surface area contributed by atoms with Crippen LogP contribution in [0.15, 0.2) is 79.1 Å². The molecule has 0 radical (unpaired) electrons. The average Bonchev–Trinajstić information content (AvgIpc) is 2.67. The topological polar surface area (TPSA) is 62.2 Å². The van der Waals surface area contributed by atoms with E-state index in [2.05, 4.69) is 10.3 Å². The Morgan fingerprint density at radius 3 is 2.12 bits per heavy atom. The van der Waals surface area contributed by atoms with Crippen LogP contribution in [0.25, 0.3) is 0 Å². The summed E-state index contributed by atoms with van der Waals surface area (Å²) in [6.07, 6.45) is 3.82. The van der Waals surface area contributed by atoms with E-state index in [1.165, 1.54) is 0 Å². The van der Waals surface area contributed by atoms with Gasteiger partial charge in [0.05, 0.1) is 11.9 Å². The van der Waals surface area contributed by atoms with Gasteiger partial charge in [-0.25, -0.2) is 0 Å². The molecule has 0 unspecified atom stereocenters. The molecule has 26 heavy (non-hydrogen) atoms. The second kappa shape index (κ2) is 7.93. The molecule has 132 valence electrons. The third kappa shape index (κ3) is 4.16. The Balaban J connectivity index is 1.78. The van der Waals surface area contributed by atoms with Crippen molar-refractivity contribution in [2.45, 2.75) is 25.4 Å². The smallest absolute Gasteiger partial charge is 0.224 e. The first-order valence-electron chi connectivity index (χ1n) is 8.63. The molecule has 0 spiro atoms.